The summed E-state index contributed by atoms with van der Waals surface area (Å²) in [4.78, 5) is 2.18. The lowest BCUT2D eigenvalue weighted by Gasteiger charge is -2.15. The zero-order chi connectivity index (χ0) is 9.94. The first-order chi connectivity index (χ1) is 6.31. The van der Waals surface area contributed by atoms with Gasteiger partial charge in [-0.05, 0) is 14.0 Å². The third kappa shape index (κ3) is 10.1. The minimum Gasteiger partial charge on any atom is -0.380 e. The number of likely N-dealkylation sites (N-methyl/N-ethyl adjacent to an activating group) is 1. The molecule has 0 radical (unpaired) electrons. The van der Waals surface area contributed by atoms with Gasteiger partial charge in [0.1, 0.15) is 0 Å². The van der Waals surface area contributed by atoms with E-state index in [0.717, 1.165) is 32.9 Å². The van der Waals surface area contributed by atoms with Gasteiger partial charge in [0, 0.05) is 25.6 Å². The highest BCUT2D eigenvalue weighted by atomic mass is 35.5. The number of halogens is 1. The van der Waals surface area contributed by atoms with Crippen LogP contribution in [0, 0.1) is 0 Å². The Morgan fingerprint density at radius 1 is 1.08 bits per heavy atom. The van der Waals surface area contributed by atoms with Gasteiger partial charge in [-0.15, -0.1) is 11.6 Å². The minimum absolute atomic E-state index is 0.572. The summed E-state index contributed by atoms with van der Waals surface area (Å²) in [5.41, 5.74) is 0. The molecule has 0 heterocycles. The van der Waals surface area contributed by atoms with Crippen molar-refractivity contribution in [3.8, 4) is 0 Å². The summed E-state index contributed by atoms with van der Waals surface area (Å²) in [6.07, 6.45) is 0. The van der Waals surface area contributed by atoms with E-state index in [0.29, 0.717) is 12.5 Å². The van der Waals surface area contributed by atoms with E-state index in [4.69, 9.17) is 21.1 Å². The zero-order valence-corrected chi connectivity index (χ0v) is 9.35. The van der Waals surface area contributed by atoms with Crippen molar-refractivity contribution in [2.24, 2.45) is 0 Å². The molecule has 0 spiro atoms. The molecule has 0 rings (SSSR count). The average Bonchev–Trinajstić information content (AvgIpc) is 2.13. The monoisotopic (exact) mass is 209 g/mol. The molecule has 0 amide bonds. The molecule has 0 atom stereocenters. The SMILES string of the molecule is CCOCCN(C)CCOCCCl. The van der Waals surface area contributed by atoms with Crippen molar-refractivity contribution in [1.82, 2.24) is 4.90 Å². The van der Waals surface area contributed by atoms with Crippen LogP contribution in [-0.4, -0.2) is 57.3 Å². The van der Waals surface area contributed by atoms with Gasteiger partial charge in [0.15, 0.2) is 0 Å². The molecule has 0 saturated carbocycles. The predicted molar refractivity (Wildman–Crippen MR) is 55.5 cm³/mol. The summed E-state index contributed by atoms with van der Waals surface area (Å²) in [5.74, 6) is 0.572. The lowest BCUT2D eigenvalue weighted by atomic mass is 10.5. The van der Waals surface area contributed by atoms with Crippen molar-refractivity contribution in [3.63, 3.8) is 0 Å². The lowest BCUT2D eigenvalue weighted by Crippen LogP contribution is -2.27. The van der Waals surface area contributed by atoms with Crippen LogP contribution < -0.4 is 0 Å². The highest BCUT2D eigenvalue weighted by molar-refractivity contribution is 6.17. The van der Waals surface area contributed by atoms with E-state index in [9.17, 15) is 0 Å². The van der Waals surface area contributed by atoms with Crippen LogP contribution >= 0.6 is 11.6 Å². The normalized spacial score (nSPS) is 11.1. The minimum atomic E-state index is 0.572. The van der Waals surface area contributed by atoms with Crippen molar-refractivity contribution < 1.29 is 9.47 Å². The molecule has 0 aromatic rings. The first kappa shape index (κ1) is 13.2. The number of nitrogens with zero attached hydrogens (tertiary/aromatic N) is 1. The van der Waals surface area contributed by atoms with Crippen LogP contribution in [0.2, 0.25) is 0 Å². The Morgan fingerprint density at radius 3 is 2.23 bits per heavy atom. The molecule has 0 bridgehead atoms. The van der Waals surface area contributed by atoms with Gasteiger partial charge in [-0.3, -0.25) is 0 Å². The van der Waals surface area contributed by atoms with E-state index in [-0.39, 0.29) is 0 Å². The van der Waals surface area contributed by atoms with Crippen LogP contribution in [0.1, 0.15) is 6.92 Å². The first-order valence-corrected chi connectivity index (χ1v) is 5.24. The topological polar surface area (TPSA) is 21.7 Å². The van der Waals surface area contributed by atoms with Crippen LogP contribution in [0.3, 0.4) is 0 Å². The third-order valence-electron chi connectivity index (χ3n) is 1.66. The molecule has 3 nitrogen and oxygen atoms in total. The molecular weight excluding hydrogens is 190 g/mol. The molecule has 0 fully saturated rings. The van der Waals surface area contributed by atoms with Gasteiger partial charge in [-0.25, -0.2) is 0 Å². The average molecular weight is 210 g/mol. The molecule has 0 N–H and O–H groups in total. The largest absolute Gasteiger partial charge is 0.380 e. The summed E-state index contributed by atoms with van der Waals surface area (Å²) in [7, 11) is 2.06. The number of hydrogen-bond donors (Lipinski definition) is 0. The summed E-state index contributed by atoms with van der Waals surface area (Å²) in [5, 5.41) is 0. The van der Waals surface area contributed by atoms with Crippen molar-refractivity contribution in [3.05, 3.63) is 0 Å². The molecule has 0 aliphatic heterocycles. The second kappa shape index (κ2) is 10.3. The fraction of sp³-hybridized carbons (Fsp3) is 1.00. The summed E-state index contributed by atoms with van der Waals surface area (Å²) >= 11 is 5.46. The number of ether oxygens (including phenoxy) is 2. The van der Waals surface area contributed by atoms with Crippen molar-refractivity contribution in [2.45, 2.75) is 6.92 Å². The summed E-state index contributed by atoms with van der Waals surface area (Å²) < 4.78 is 10.5. The Morgan fingerprint density at radius 2 is 1.69 bits per heavy atom. The van der Waals surface area contributed by atoms with Gasteiger partial charge in [0.25, 0.3) is 0 Å². The molecular formula is C9H20ClNO2. The Kier molecular flexibility index (Phi) is 10.4. The number of hydrogen-bond acceptors (Lipinski definition) is 3. The fourth-order valence-corrected chi connectivity index (χ4v) is 0.963. The Labute approximate surface area is 85.9 Å². The maximum absolute atomic E-state index is 5.46. The molecule has 80 valence electrons. The zero-order valence-electron chi connectivity index (χ0n) is 8.59. The van der Waals surface area contributed by atoms with E-state index in [1.807, 2.05) is 6.92 Å². The van der Waals surface area contributed by atoms with Crippen LogP contribution in [0.15, 0.2) is 0 Å². The second-order valence-electron chi connectivity index (χ2n) is 2.80. The van der Waals surface area contributed by atoms with Gasteiger partial charge in [0.05, 0.1) is 19.8 Å². The van der Waals surface area contributed by atoms with Crippen LogP contribution in [0.5, 0.6) is 0 Å². The second-order valence-corrected chi connectivity index (χ2v) is 3.18. The van der Waals surface area contributed by atoms with Gasteiger partial charge in [0.2, 0.25) is 0 Å². The number of rotatable bonds is 9. The van der Waals surface area contributed by atoms with Crippen molar-refractivity contribution in [1.29, 1.82) is 0 Å². The van der Waals surface area contributed by atoms with E-state index < -0.39 is 0 Å². The van der Waals surface area contributed by atoms with E-state index in [1.165, 1.54) is 0 Å². The van der Waals surface area contributed by atoms with Gasteiger partial charge in [-0.2, -0.15) is 0 Å². The standard InChI is InChI=1S/C9H20ClNO2/c1-3-12-8-5-11(2)6-9-13-7-4-10/h3-9H2,1-2H3. The van der Waals surface area contributed by atoms with Crippen LogP contribution in [0.25, 0.3) is 0 Å². The Balaban J connectivity index is 3.05. The fourth-order valence-electron chi connectivity index (χ4n) is 0.854. The Hall–Kier alpha value is 0.170. The Bertz CT molecular complexity index is 104. The molecule has 0 aliphatic carbocycles. The van der Waals surface area contributed by atoms with E-state index in [1.54, 1.807) is 0 Å². The van der Waals surface area contributed by atoms with Crippen molar-refractivity contribution in [2.75, 3.05) is 52.4 Å². The molecule has 0 aromatic carbocycles. The third-order valence-corrected chi connectivity index (χ3v) is 1.81. The molecule has 0 saturated heterocycles. The number of alkyl halides is 1. The molecule has 0 unspecified atom stereocenters. The molecule has 4 heteroatoms. The lowest BCUT2D eigenvalue weighted by molar-refractivity contribution is 0.0941. The van der Waals surface area contributed by atoms with Crippen LogP contribution in [-0.2, 0) is 9.47 Å². The van der Waals surface area contributed by atoms with E-state index >= 15 is 0 Å². The maximum atomic E-state index is 5.46. The molecule has 0 aliphatic rings. The van der Waals surface area contributed by atoms with Crippen LogP contribution in [0.4, 0.5) is 0 Å². The maximum Gasteiger partial charge on any atom is 0.0602 e. The highest BCUT2D eigenvalue weighted by Gasteiger charge is 1.96. The first-order valence-electron chi connectivity index (χ1n) is 4.71. The van der Waals surface area contributed by atoms with Gasteiger partial charge >= 0.3 is 0 Å². The van der Waals surface area contributed by atoms with Gasteiger partial charge < -0.3 is 14.4 Å². The highest BCUT2D eigenvalue weighted by Crippen LogP contribution is 1.85. The molecule has 13 heavy (non-hydrogen) atoms. The van der Waals surface area contributed by atoms with E-state index in [2.05, 4.69) is 11.9 Å². The quantitative estimate of drug-likeness (QED) is 0.421. The molecule has 0 aromatic heterocycles. The summed E-state index contributed by atoms with van der Waals surface area (Å²) in [6.45, 7) is 6.86. The van der Waals surface area contributed by atoms with Crippen molar-refractivity contribution >= 4 is 11.6 Å². The van der Waals surface area contributed by atoms with Gasteiger partial charge in [-0.1, -0.05) is 0 Å². The predicted octanol–water partition coefficient (Wildman–Crippen LogP) is 1.21. The summed E-state index contributed by atoms with van der Waals surface area (Å²) in [6, 6.07) is 0. The smallest absolute Gasteiger partial charge is 0.0602 e.